The van der Waals surface area contributed by atoms with E-state index in [9.17, 15) is 9.59 Å². The fourth-order valence-corrected chi connectivity index (χ4v) is 3.91. The zero-order valence-electron chi connectivity index (χ0n) is 20.6. The molecule has 0 aliphatic carbocycles. The molecule has 0 N–H and O–H groups in total. The van der Waals surface area contributed by atoms with Gasteiger partial charge in [-0.05, 0) is 43.7 Å². The molecule has 3 aromatic rings. The minimum atomic E-state index is -0.863. The molecule has 4 atom stereocenters. The molecule has 1 saturated heterocycles. The number of aryl methyl sites for hydroxylation is 2. The molecule has 1 fully saturated rings. The molecule has 4 unspecified atom stereocenters. The highest BCUT2D eigenvalue weighted by Crippen LogP contribution is 2.29. The SMILES string of the molecule is COC1OC(COC(=O)c2ccc(C)cc2)C(OC(=O)c2ccc(C)cc2)C1OCc1ccccc1. The summed E-state index contributed by atoms with van der Waals surface area (Å²) < 4.78 is 29.0. The van der Waals surface area contributed by atoms with Crippen LogP contribution in [0, 0.1) is 13.8 Å². The molecule has 0 spiro atoms. The maximum Gasteiger partial charge on any atom is 0.338 e. The van der Waals surface area contributed by atoms with Gasteiger partial charge in [0.25, 0.3) is 0 Å². The first-order valence-electron chi connectivity index (χ1n) is 11.8. The molecule has 1 aliphatic rings. The Morgan fingerprint density at radius 2 is 1.36 bits per heavy atom. The van der Waals surface area contributed by atoms with Gasteiger partial charge in [-0.2, -0.15) is 0 Å². The Morgan fingerprint density at radius 3 is 1.94 bits per heavy atom. The Bertz CT molecular complexity index is 1140. The average Bonchev–Trinajstić information content (AvgIpc) is 3.23. The van der Waals surface area contributed by atoms with E-state index in [1.165, 1.54) is 7.11 Å². The van der Waals surface area contributed by atoms with Crippen LogP contribution in [0.2, 0.25) is 0 Å². The van der Waals surface area contributed by atoms with E-state index < -0.39 is 36.5 Å². The number of carbonyl (C=O) groups excluding carboxylic acids is 2. The molecule has 7 heteroatoms. The van der Waals surface area contributed by atoms with Gasteiger partial charge < -0.3 is 23.7 Å². The third kappa shape index (κ3) is 6.37. The molecule has 188 valence electrons. The molecule has 3 aromatic carbocycles. The number of benzene rings is 3. The van der Waals surface area contributed by atoms with Crippen molar-refractivity contribution >= 4 is 11.9 Å². The minimum Gasteiger partial charge on any atom is -0.459 e. The molecule has 0 radical (unpaired) electrons. The first-order chi connectivity index (χ1) is 17.4. The summed E-state index contributed by atoms with van der Waals surface area (Å²) in [5, 5.41) is 0. The van der Waals surface area contributed by atoms with Crippen LogP contribution in [-0.2, 0) is 30.3 Å². The smallest absolute Gasteiger partial charge is 0.338 e. The van der Waals surface area contributed by atoms with E-state index in [2.05, 4.69) is 0 Å². The van der Waals surface area contributed by atoms with Crippen molar-refractivity contribution in [1.82, 2.24) is 0 Å². The van der Waals surface area contributed by atoms with Crippen LogP contribution in [0.4, 0.5) is 0 Å². The van der Waals surface area contributed by atoms with E-state index in [-0.39, 0.29) is 13.2 Å². The molecule has 1 aliphatic heterocycles. The van der Waals surface area contributed by atoms with Crippen LogP contribution in [0.1, 0.15) is 37.4 Å². The number of ether oxygens (including phenoxy) is 5. The molecule has 36 heavy (non-hydrogen) atoms. The van der Waals surface area contributed by atoms with Crippen molar-refractivity contribution in [3.05, 3.63) is 107 Å². The fraction of sp³-hybridized carbons (Fsp3) is 0.310. The van der Waals surface area contributed by atoms with Crippen LogP contribution in [0.25, 0.3) is 0 Å². The second-order valence-corrected chi connectivity index (χ2v) is 8.74. The molecule has 7 nitrogen and oxygen atoms in total. The second kappa shape index (κ2) is 11.9. The monoisotopic (exact) mass is 490 g/mol. The molecule has 1 heterocycles. The summed E-state index contributed by atoms with van der Waals surface area (Å²) in [4.78, 5) is 25.6. The zero-order chi connectivity index (χ0) is 25.5. The average molecular weight is 491 g/mol. The summed E-state index contributed by atoms with van der Waals surface area (Å²) in [5.74, 6) is -1.02. The third-order valence-electron chi connectivity index (χ3n) is 5.98. The van der Waals surface area contributed by atoms with E-state index >= 15 is 0 Å². The van der Waals surface area contributed by atoms with Crippen molar-refractivity contribution in [1.29, 1.82) is 0 Å². The molecule has 0 amide bonds. The Labute approximate surface area is 210 Å². The molecule has 0 aromatic heterocycles. The summed E-state index contributed by atoms with van der Waals surface area (Å²) in [5.41, 5.74) is 3.84. The lowest BCUT2D eigenvalue weighted by atomic mass is 10.1. The van der Waals surface area contributed by atoms with Gasteiger partial charge in [-0.25, -0.2) is 9.59 Å². The largest absolute Gasteiger partial charge is 0.459 e. The maximum atomic E-state index is 13.0. The molecular weight excluding hydrogens is 460 g/mol. The van der Waals surface area contributed by atoms with E-state index in [4.69, 9.17) is 23.7 Å². The zero-order valence-corrected chi connectivity index (χ0v) is 20.6. The fourth-order valence-electron chi connectivity index (χ4n) is 3.91. The minimum absolute atomic E-state index is 0.135. The van der Waals surface area contributed by atoms with E-state index in [0.717, 1.165) is 16.7 Å². The van der Waals surface area contributed by atoms with Gasteiger partial charge in [0.15, 0.2) is 12.4 Å². The number of rotatable bonds is 9. The van der Waals surface area contributed by atoms with Gasteiger partial charge in [0.2, 0.25) is 0 Å². The van der Waals surface area contributed by atoms with Crippen LogP contribution >= 0.6 is 0 Å². The van der Waals surface area contributed by atoms with Gasteiger partial charge in [-0.3, -0.25) is 0 Å². The van der Waals surface area contributed by atoms with Crippen molar-refractivity contribution < 1.29 is 33.3 Å². The van der Waals surface area contributed by atoms with Crippen LogP contribution in [0.3, 0.4) is 0 Å². The highest BCUT2D eigenvalue weighted by atomic mass is 16.7. The van der Waals surface area contributed by atoms with Crippen molar-refractivity contribution in [3.8, 4) is 0 Å². The normalized spacial score (nSPS) is 21.2. The lowest BCUT2D eigenvalue weighted by Gasteiger charge is -2.24. The van der Waals surface area contributed by atoms with Gasteiger partial charge in [-0.1, -0.05) is 65.7 Å². The Kier molecular flexibility index (Phi) is 8.48. The molecule has 0 saturated carbocycles. The summed E-state index contributed by atoms with van der Waals surface area (Å²) in [6.07, 6.45) is -3.18. The van der Waals surface area contributed by atoms with E-state index in [0.29, 0.717) is 11.1 Å². The first-order valence-corrected chi connectivity index (χ1v) is 11.8. The van der Waals surface area contributed by atoms with E-state index in [1.807, 2.05) is 68.4 Å². The Morgan fingerprint density at radius 1 is 0.778 bits per heavy atom. The topological polar surface area (TPSA) is 80.3 Å². The van der Waals surface area contributed by atoms with Crippen LogP contribution < -0.4 is 0 Å². The highest BCUT2D eigenvalue weighted by molar-refractivity contribution is 5.90. The van der Waals surface area contributed by atoms with Crippen molar-refractivity contribution in [2.45, 2.75) is 45.1 Å². The standard InChI is InChI=1S/C29H30O7/c1-19-9-13-22(14-10-19)27(30)34-18-24-25(36-28(31)23-15-11-20(2)12-16-23)26(29(32-3)35-24)33-17-21-7-5-4-6-8-21/h4-16,24-26,29H,17-18H2,1-3H3. The number of carbonyl (C=O) groups is 2. The van der Waals surface area contributed by atoms with Crippen LogP contribution in [-0.4, -0.2) is 50.3 Å². The van der Waals surface area contributed by atoms with Crippen molar-refractivity contribution in [3.63, 3.8) is 0 Å². The van der Waals surface area contributed by atoms with Gasteiger partial charge in [-0.15, -0.1) is 0 Å². The molecular formula is C29H30O7. The van der Waals surface area contributed by atoms with Crippen LogP contribution in [0.15, 0.2) is 78.9 Å². The number of hydrogen-bond donors (Lipinski definition) is 0. The highest BCUT2D eigenvalue weighted by Gasteiger charge is 2.49. The Balaban J connectivity index is 1.50. The Hall–Kier alpha value is -3.52. The summed E-state index contributed by atoms with van der Waals surface area (Å²) in [7, 11) is 1.49. The number of hydrogen-bond acceptors (Lipinski definition) is 7. The number of esters is 2. The van der Waals surface area contributed by atoms with Gasteiger partial charge in [0, 0.05) is 7.11 Å². The third-order valence-corrected chi connectivity index (χ3v) is 5.98. The first kappa shape index (κ1) is 25.6. The lowest BCUT2D eigenvalue weighted by molar-refractivity contribution is -0.168. The number of methoxy groups -OCH3 is 1. The molecule has 0 bridgehead atoms. The van der Waals surface area contributed by atoms with Crippen molar-refractivity contribution in [2.75, 3.05) is 13.7 Å². The summed E-state index contributed by atoms with van der Waals surface area (Å²) in [6.45, 7) is 4.01. The maximum absolute atomic E-state index is 13.0. The van der Waals surface area contributed by atoms with Gasteiger partial charge in [0.05, 0.1) is 17.7 Å². The summed E-state index contributed by atoms with van der Waals surface area (Å²) in [6, 6.07) is 23.8. The van der Waals surface area contributed by atoms with E-state index in [1.54, 1.807) is 24.3 Å². The summed E-state index contributed by atoms with van der Waals surface area (Å²) >= 11 is 0. The van der Waals surface area contributed by atoms with Gasteiger partial charge >= 0.3 is 11.9 Å². The second-order valence-electron chi connectivity index (χ2n) is 8.74. The van der Waals surface area contributed by atoms with Crippen LogP contribution in [0.5, 0.6) is 0 Å². The van der Waals surface area contributed by atoms with Crippen molar-refractivity contribution in [2.24, 2.45) is 0 Å². The predicted molar refractivity (Wildman–Crippen MR) is 133 cm³/mol. The van der Waals surface area contributed by atoms with Gasteiger partial charge in [0.1, 0.15) is 18.8 Å². The lowest BCUT2D eigenvalue weighted by Crippen LogP contribution is -2.41. The molecule has 4 rings (SSSR count). The predicted octanol–water partition coefficient (Wildman–Crippen LogP) is 4.64. The quantitative estimate of drug-likeness (QED) is 0.404.